The second kappa shape index (κ2) is 8.27. The summed E-state index contributed by atoms with van der Waals surface area (Å²) in [5.74, 6) is 0.245. The number of likely N-dealkylation sites (tertiary alicyclic amines) is 1. The second-order valence-corrected chi connectivity index (χ2v) is 9.47. The summed E-state index contributed by atoms with van der Waals surface area (Å²) in [6, 6.07) is 4.10. The van der Waals surface area contributed by atoms with E-state index in [-0.39, 0.29) is 17.4 Å². The molecule has 29 heavy (non-hydrogen) atoms. The molecule has 2 aliphatic rings. The quantitative estimate of drug-likeness (QED) is 0.787. The van der Waals surface area contributed by atoms with Crippen LogP contribution < -0.4 is 0 Å². The third-order valence-electron chi connectivity index (χ3n) is 5.80. The van der Waals surface area contributed by atoms with E-state index < -0.39 is 0 Å². The first-order chi connectivity index (χ1) is 13.9. The molecule has 1 unspecified atom stereocenters. The summed E-state index contributed by atoms with van der Waals surface area (Å²) in [6.07, 6.45) is 8.31. The van der Waals surface area contributed by atoms with Crippen molar-refractivity contribution in [2.45, 2.75) is 72.1 Å². The summed E-state index contributed by atoms with van der Waals surface area (Å²) in [6.45, 7) is 9.23. The molecule has 0 aliphatic carbocycles. The van der Waals surface area contributed by atoms with Gasteiger partial charge in [-0.3, -0.25) is 14.5 Å². The lowest BCUT2D eigenvalue weighted by molar-refractivity contribution is -0.137. The maximum Gasteiger partial charge on any atom is 0.223 e. The van der Waals surface area contributed by atoms with Gasteiger partial charge in [-0.25, -0.2) is 0 Å². The molecule has 0 saturated carbocycles. The summed E-state index contributed by atoms with van der Waals surface area (Å²) in [7, 11) is 0. The fourth-order valence-electron chi connectivity index (χ4n) is 4.47. The van der Waals surface area contributed by atoms with Crippen molar-refractivity contribution in [3.05, 3.63) is 47.0 Å². The normalized spacial score (nSPS) is 19.8. The Labute approximate surface area is 173 Å². The number of pyridine rings is 1. The van der Waals surface area contributed by atoms with Gasteiger partial charge >= 0.3 is 0 Å². The highest BCUT2D eigenvalue weighted by Crippen LogP contribution is 2.36. The van der Waals surface area contributed by atoms with Crippen molar-refractivity contribution in [2.24, 2.45) is 5.41 Å². The van der Waals surface area contributed by atoms with Crippen LogP contribution in [0.15, 0.2) is 24.5 Å². The van der Waals surface area contributed by atoms with Gasteiger partial charge in [-0.05, 0) is 36.3 Å². The van der Waals surface area contributed by atoms with Gasteiger partial charge in [0.2, 0.25) is 5.91 Å². The molecule has 1 fully saturated rings. The highest BCUT2D eigenvalue weighted by molar-refractivity contribution is 5.77. The molecule has 2 aliphatic heterocycles. The number of rotatable bonds is 4. The predicted octanol–water partition coefficient (Wildman–Crippen LogP) is 3.89. The topological polar surface area (TPSA) is 60.2 Å². The monoisotopic (exact) mass is 396 g/mol. The van der Waals surface area contributed by atoms with Crippen molar-refractivity contribution in [2.75, 3.05) is 13.2 Å². The second-order valence-electron chi connectivity index (χ2n) is 9.47. The van der Waals surface area contributed by atoms with Crippen LogP contribution in [0.4, 0.5) is 0 Å². The van der Waals surface area contributed by atoms with Crippen LogP contribution in [-0.4, -0.2) is 38.7 Å². The maximum absolute atomic E-state index is 13.1. The third-order valence-corrected chi connectivity index (χ3v) is 5.80. The zero-order valence-corrected chi connectivity index (χ0v) is 17.9. The molecule has 4 rings (SSSR count). The molecule has 2 aromatic heterocycles. The lowest BCUT2D eigenvalue weighted by atomic mass is 9.89. The Morgan fingerprint density at radius 3 is 2.93 bits per heavy atom. The smallest absolute Gasteiger partial charge is 0.223 e. The van der Waals surface area contributed by atoms with Crippen LogP contribution in [-0.2, 0) is 29.1 Å². The first-order valence-electron chi connectivity index (χ1n) is 10.8. The Bertz CT molecular complexity index is 854. The summed E-state index contributed by atoms with van der Waals surface area (Å²) in [4.78, 5) is 19.4. The number of amides is 1. The summed E-state index contributed by atoms with van der Waals surface area (Å²) < 4.78 is 7.91. The van der Waals surface area contributed by atoms with Crippen LogP contribution in [0.3, 0.4) is 0 Å². The molecule has 0 N–H and O–H groups in total. The molecule has 0 radical (unpaired) electrons. The molecule has 4 heterocycles. The van der Waals surface area contributed by atoms with Gasteiger partial charge in [0, 0.05) is 43.0 Å². The first-order valence-corrected chi connectivity index (χ1v) is 10.8. The minimum absolute atomic E-state index is 0.0126. The number of ether oxygens (including phenoxy) is 1. The summed E-state index contributed by atoms with van der Waals surface area (Å²) in [5.41, 5.74) is 4.62. The molecule has 2 aromatic rings. The van der Waals surface area contributed by atoms with E-state index >= 15 is 0 Å². The number of hydrogen-bond acceptors (Lipinski definition) is 4. The van der Waals surface area contributed by atoms with E-state index in [2.05, 4.69) is 41.4 Å². The minimum atomic E-state index is -0.0126. The van der Waals surface area contributed by atoms with Gasteiger partial charge in [-0.2, -0.15) is 5.10 Å². The van der Waals surface area contributed by atoms with Crippen LogP contribution >= 0.6 is 0 Å². The number of nitrogens with zero attached hydrogens (tertiary/aromatic N) is 4. The van der Waals surface area contributed by atoms with E-state index in [0.29, 0.717) is 19.6 Å². The van der Waals surface area contributed by atoms with Gasteiger partial charge in [0.25, 0.3) is 0 Å². The fourth-order valence-corrected chi connectivity index (χ4v) is 4.47. The minimum Gasteiger partial charge on any atom is -0.376 e. The van der Waals surface area contributed by atoms with E-state index in [4.69, 9.17) is 9.84 Å². The third kappa shape index (κ3) is 4.53. The van der Waals surface area contributed by atoms with Crippen molar-refractivity contribution >= 4 is 5.91 Å². The highest BCUT2D eigenvalue weighted by atomic mass is 16.5. The molecule has 6 heteroatoms. The Kier molecular flexibility index (Phi) is 5.72. The van der Waals surface area contributed by atoms with Crippen molar-refractivity contribution in [3.63, 3.8) is 0 Å². The molecule has 0 spiro atoms. The van der Waals surface area contributed by atoms with E-state index in [1.165, 1.54) is 11.3 Å². The highest BCUT2D eigenvalue weighted by Gasteiger charge is 2.35. The van der Waals surface area contributed by atoms with Crippen LogP contribution in [0.5, 0.6) is 0 Å². The molecule has 156 valence electrons. The fraction of sp³-hybridized carbons (Fsp3) is 0.609. The number of fused-ring (bicyclic) bond motifs is 1. The van der Waals surface area contributed by atoms with Gasteiger partial charge in [-0.15, -0.1) is 0 Å². The van der Waals surface area contributed by atoms with Crippen LogP contribution in [0.1, 0.15) is 75.0 Å². The zero-order chi connectivity index (χ0) is 20.4. The lowest BCUT2D eigenvalue weighted by Crippen LogP contribution is -2.40. The molecule has 0 bridgehead atoms. The molecular weight excluding hydrogens is 364 g/mol. The lowest BCUT2D eigenvalue weighted by Gasteiger charge is -2.37. The Hall–Kier alpha value is -2.21. The molecular formula is C23H32N4O2. The van der Waals surface area contributed by atoms with Gasteiger partial charge in [0.1, 0.15) is 0 Å². The average molecular weight is 397 g/mol. The number of carbonyl (C=O) groups excluding carboxylic acids is 1. The van der Waals surface area contributed by atoms with E-state index in [0.717, 1.165) is 50.1 Å². The standard InChI is InChI=1S/C23H32N4O2/c1-23(2,3)13-21(28)26-11-5-4-8-20(26)22-18-16-29-12-9-19(18)27(25-22)15-17-7-6-10-24-14-17/h6-7,10,14,20H,4-5,8-9,11-13,15-16H2,1-3H3. The molecule has 1 atom stereocenters. The van der Waals surface area contributed by atoms with Crippen LogP contribution in [0.25, 0.3) is 0 Å². The van der Waals surface area contributed by atoms with Gasteiger partial charge < -0.3 is 9.64 Å². The SMILES string of the molecule is CC(C)(C)CC(=O)N1CCCCC1c1nn(Cc2cccnc2)c2c1COCC2. The van der Waals surface area contributed by atoms with Gasteiger partial charge in [0.15, 0.2) is 0 Å². The number of hydrogen-bond donors (Lipinski definition) is 0. The van der Waals surface area contributed by atoms with Crippen molar-refractivity contribution in [1.29, 1.82) is 0 Å². The average Bonchev–Trinajstić information content (AvgIpc) is 3.06. The first kappa shape index (κ1) is 20.1. The van der Waals surface area contributed by atoms with E-state index in [1.807, 2.05) is 12.3 Å². The molecule has 0 aromatic carbocycles. The Morgan fingerprint density at radius 1 is 1.31 bits per heavy atom. The zero-order valence-electron chi connectivity index (χ0n) is 17.9. The molecule has 6 nitrogen and oxygen atoms in total. The number of piperidine rings is 1. The van der Waals surface area contributed by atoms with Gasteiger partial charge in [0.05, 0.1) is 31.5 Å². The van der Waals surface area contributed by atoms with Crippen LogP contribution in [0.2, 0.25) is 0 Å². The summed E-state index contributed by atoms with van der Waals surface area (Å²) in [5, 5.41) is 5.05. The van der Waals surface area contributed by atoms with Crippen molar-refractivity contribution in [1.82, 2.24) is 19.7 Å². The number of aromatic nitrogens is 3. The van der Waals surface area contributed by atoms with Crippen molar-refractivity contribution < 1.29 is 9.53 Å². The van der Waals surface area contributed by atoms with Crippen molar-refractivity contribution in [3.8, 4) is 0 Å². The molecule has 1 saturated heterocycles. The maximum atomic E-state index is 13.1. The van der Waals surface area contributed by atoms with E-state index in [1.54, 1.807) is 6.20 Å². The summed E-state index contributed by atoms with van der Waals surface area (Å²) >= 11 is 0. The molecule has 1 amide bonds. The van der Waals surface area contributed by atoms with Gasteiger partial charge in [-0.1, -0.05) is 26.8 Å². The largest absolute Gasteiger partial charge is 0.376 e. The van der Waals surface area contributed by atoms with E-state index in [9.17, 15) is 4.79 Å². The Morgan fingerprint density at radius 2 is 2.17 bits per heavy atom. The Balaban J connectivity index is 1.66. The number of carbonyl (C=O) groups is 1. The van der Waals surface area contributed by atoms with Crippen LogP contribution in [0, 0.1) is 5.41 Å². The predicted molar refractivity (Wildman–Crippen MR) is 111 cm³/mol.